The summed E-state index contributed by atoms with van der Waals surface area (Å²) in [6.45, 7) is 0.279. The Hall–Kier alpha value is -1.99. The van der Waals surface area contributed by atoms with E-state index in [0.29, 0.717) is 0 Å². The van der Waals surface area contributed by atoms with Crippen LogP contribution in [-0.2, 0) is 42.0 Å². The van der Waals surface area contributed by atoms with E-state index in [1.165, 1.54) is 13.2 Å². The number of halogens is 1. The Kier molecular flexibility index (Phi) is 8.58. The first-order valence-electron chi connectivity index (χ1n) is 8.65. The zero-order chi connectivity index (χ0) is 25.9. The van der Waals surface area contributed by atoms with Crippen molar-refractivity contribution in [2.75, 3.05) is 6.61 Å². The Morgan fingerprint density at radius 2 is 1.94 bits per heavy atom. The third kappa shape index (κ3) is 7.25. The number of rotatable bonds is 10. The number of H-pyrrole nitrogens is 1. The number of nitrogens with zero attached hydrogens (tertiary/aromatic N) is 2. The maximum Gasteiger partial charge on any atom is 0.490 e. The molecule has 1 saturated heterocycles. The first-order chi connectivity index (χ1) is 15.5. The average Bonchev–Trinajstić information content (AvgIpc) is 2.99. The molecule has 34 heavy (non-hydrogen) atoms. The van der Waals surface area contributed by atoms with Crippen molar-refractivity contribution in [1.82, 2.24) is 9.55 Å². The van der Waals surface area contributed by atoms with Crippen molar-refractivity contribution in [1.29, 1.82) is 5.26 Å². The minimum atomic E-state index is -5.79. The molecule has 17 nitrogen and oxygen atoms in total. The molecule has 0 bridgehead atoms. The number of aryl methyl sites for hydroxylation is 1. The summed E-state index contributed by atoms with van der Waals surface area (Å²) in [5.74, 6) is 0. The van der Waals surface area contributed by atoms with Gasteiger partial charge in [0, 0.05) is 18.2 Å². The molecule has 21 heteroatoms. The Bertz CT molecular complexity index is 1250. The number of aromatic amines is 1. The van der Waals surface area contributed by atoms with Gasteiger partial charge in [-0.1, -0.05) is 0 Å². The van der Waals surface area contributed by atoms with E-state index >= 15 is 0 Å². The maximum atomic E-state index is 13.2. The van der Waals surface area contributed by atoms with E-state index in [-0.39, 0.29) is 11.9 Å². The van der Waals surface area contributed by atoms with Crippen LogP contribution in [0.5, 0.6) is 0 Å². The lowest BCUT2D eigenvalue weighted by Crippen LogP contribution is -2.43. The number of ether oxygens (including phenoxy) is 2. The third-order valence-corrected chi connectivity index (χ3v) is 7.94. The molecule has 0 spiro atoms. The Morgan fingerprint density at radius 3 is 2.50 bits per heavy atom. The second-order valence-corrected chi connectivity index (χ2v) is 11.0. The normalized spacial score (nSPS) is 26.6. The smallest absolute Gasteiger partial charge is 0.421 e. The third-order valence-electron chi connectivity index (χ3n) is 4.14. The van der Waals surface area contributed by atoms with Gasteiger partial charge in [-0.3, -0.25) is 18.9 Å². The molecule has 2 heterocycles. The largest absolute Gasteiger partial charge is 0.490 e. The first-order valence-corrected chi connectivity index (χ1v) is 13.2. The number of nitrogens with one attached hydrogen (secondary N) is 1. The van der Waals surface area contributed by atoms with Crippen LogP contribution in [0.2, 0.25) is 0 Å². The zero-order valence-electron chi connectivity index (χ0n) is 16.8. The van der Waals surface area contributed by atoms with Crippen molar-refractivity contribution in [2.45, 2.75) is 31.3 Å². The van der Waals surface area contributed by atoms with Crippen LogP contribution in [0, 0.1) is 18.4 Å². The topological polar surface area (TPSA) is 257 Å². The SMILES string of the molecule is Cc1cn([C@@]2(C=CF)C[C@H](OC#N)[C@@H](COP(=O)(O)OP(=O)(O)OP(=O)(O)O)O2)c(=O)[nH]c1=O. The molecule has 1 aromatic rings. The molecule has 2 rings (SSSR count). The summed E-state index contributed by atoms with van der Waals surface area (Å²) >= 11 is 0. The quantitative estimate of drug-likeness (QED) is 0.189. The molecular weight excluding hydrogens is 534 g/mol. The van der Waals surface area contributed by atoms with Crippen LogP contribution in [0.4, 0.5) is 4.39 Å². The lowest BCUT2D eigenvalue weighted by Gasteiger charge is -2.27. The molecule has 0 aromatic carbocycles. The van der Waals surface area contributed by atoms with Gasteiger partial charge in [-0.05, 0) is 13.0 Å². The molecule has 1 aliphatic rings. The minimum Gasteiger partial charge on any atom is -0.421 e. The van der Waals surface area contributed by atoms with Gasteiger partial charge >= 0.3 is 29.2 Å². The summed E-state index contributed by atoms with van der Waals surface area (Å²) < 4.78 is 69.9. The van der Waals surface area contributed by atoms with Crippen LogP contribution in [0.1, 0.15) is 12.0 Å². The highest BCUT2D eigenvalue weighted by Gasteiger charge is 2.50. The second-order valence-electron chi connectivity index (χ2n) is 6.57. The second kappa shape index (κ2) is 10.3. The van der Waals surface area contributed by atoms with Crippen molar-refractivity contribution in [3.05, 3.63) is 45.0 Å². The van der Waals surface area contributed by atoms with Gasteiger partial charge in [0.1, 0.15) is 12.2 Å². The predicted octanol–water partition coefficient (Wildman–Crippen LogP) is -0.0205. The van der Waals surface area contributed by atoms with E-state index in [9.17, 15) is 37.5 Å². The fraction of sp³-hybridized carbons (Fsp3) is 0.462. The lowest BCUT2D eigenvalue weighted by atomic mass is 10.1. The van der Waals surface area contributed by atoms with Crippen molar-refractivity contribution in [3.63, 3.8) is 0 Å². The minimum absolute atomic E-state index is 0.0129. The molecule has 0 amide bonds. The Labute approximate surface area is 188 Å². The van der Waals surface area contributed by atoms with E-state index in [2.05, 4.69) is 13.1 Å². The summed E-state index contributed by atoms with van der Waals surface area (Å²) in [4.78, 5) is 61.8. The first kappa shape index (κ1) is 28.2. The molecule has 5 N–H and O–H groups in total. The molecular formula is C13H17FN3O14P3. The number of phosphoric acid groups is 3. The zero-order valence-corrected chi connectivity index (χ0v) is 19.5. The van der Waals surface area contributed by atoms with Gasteiger partial charge < -0.3 is 29.0 Å². The van der Waals surface area contributed by atoms with Gasteiger partial charge in [-0.25, -0.2) is 22.9 Å². The Morgan fingerprint density at radius 1 is 1.29 bits per heavy atom. The molecule has 1 aliphatic heterocycles. The van der Waals surface area contributed by atoms with E-state index in [1.54, 1.807) is 0 Å². The van der Waals surface area contributed by atoms with Gasteiger partial charge in [0.2, 0.25) is 0 Å². The van der Waals surface area contributed by atoms with E-state index in [0.717, 1.165) is 16.8 Å². The number of hydrogen-bond acceptors (Lipinski definition) is 11. The maximum absolute atomic E-state index is 13.2. The summed E-state index contributed by atoms with van der Waals surface area (Å²) in [5.41, 5.74) is -3.79. The van der Waals surface area contributed by atoms with E-state index in [4.69, 9.17) is 24.5 Å². The molecule has 0 radical (unpaired) electrons. The lowest BCUT2D eigenvalue weighted by molar-refractivity contribution is -0.0888. The molecule has 2 unspecified atom stereocenters. The molecule has 0 aliphatic carbocycles. The van der Waals surface area contributed by atoms with Crippen LogP contribution >= 0.6 is 23.5 Å². The standard InChI is InChI=1S/C13H17FN3O14P3/c1-8-5-17(12(19)16-11(8)18)13(2-3-14)4-9(27-7-15)10(29-13)6-28-33(23,24)31-34(25,26)30-32(20,21)22/h2-3,5,9-10H,4,6H2,1H3,(H,23,24)(H,25,26)(H,16,18,19)(H2,20,21,22)/t9-,10+,13+/m0/s1. The summed E-state index contributed by atoms with van der Waals surface area (Å²) in [7, 11) is -17.0. The molecule has 0 saturated carbocycles. The van der Waals surface area contributed by atoms with Crippen LogP contribution in [-0.4, -0.2) is 47.9 Å². The number of nitriles is 1. The van der Waals surface area contributed by atoms with Crippen molar-refractivity contribution < 1.29 is 60.3 Å². The highest BCUT2D eigenvalue weighted by Crippen LogP contribution is 2.66. The van der Waals surface area contributed by atoms with Crippen LogP contribution in [0.25, 0.3) is 0 Å². The van der Waals surface area contributed by atoms with Gasteiger partial charge in [0.25, 0.3) is 11.8 Å². The van der Waals surface area contributed by atoms with Crippen molar-refractivity contribution in [2.24, 2.45) is 0 Å². The molecule has 1 aromatic heterocycles. The fourth-order valence-electron chi connectivity index (χ4n) is 2.89. The van der Waals surface area contributed by atoms with E-state index in [1.807, 2.05) is 4.98 Å². The van der Waals surface area contributed by atoms with Gasteiger partial charge in [-0.15, -0.1) is 0 Å². The van der Waals surface area contributed by atoms with E-state index < -0.39 is 65.7 Å². The van der Waals surface area contributed by atoms with Gasteiger partial charge in [0.15, 0.2) is 5.72 Å². The van der Waals surface area contributed by atoms with Crippen LogP contribution in [0.15, 0.2) is 28.2 Å². The van der Waals surface area contributed by atoms with Crippen LogP contribution in [0.3, 0.4) is 0 Å². The predicted molar refractivity (Wildman–Crippen MR) is 104 cm³/mol. The highest BCUT2D eigenvalue weighted by molar-refractivity contribution is 7.66. The van der Waals surface area contributed by atoms with Crippen molar-refractivity contribution in [3.8, 4) is 6.26 Å². The van der Waals surface area contributed by atoms with Crippen LogP contribution < -0.4 is 11.2 Å². The summed E-state index contributed by atoms with van der Waals surface area (Å²) in [5, 5.41) is 8.87. The molecule has 190 valence electrons. The highest BCUT2D eigenvalue weighted by atomic mass is 31.3. The number of hydrogen-bond donors (Lipinski definition) is 5. The summed E-state index contributed by atoms with van der Waals surface area (Å²) in [6, 6.07) is 0. The Balaban J connectivity index is 2.31. The monoisotopic (exact) mass is 551 g/mol. The number of phosphoric ester groups is 1. The average molecular weight is 551 g/mol. The fourth-order valence-corrected chi connectivity index (χ4v) is 5.92. The number of aromatic nitrogens is 2. The van der Waals surface area contributed by atoms with Gasteiger partial charge in [0.05, 0.1) is 12.9 Å². The molecule has 5 atom stereocenters. The summed E-state index contributed by atoms with van der Waals surface area (Å²) in [6.07, 6.45) is -0.292. The molecule has 1 fully saturated rings. The van der Waals surface area contributed by atoms with Gasteiger partial charge in [-0.2, -0.15) is 13.9 Å². The van der Waals surface area contributed by atoms with Crippen molar-refractivity contribution >= 4 is 23.5 Å².